The molecule has 0 aromatic heterocycles. The van der Waals surface area contributed by atoms with Gasteiger partial charge in [0, 0.05) is 16.7 Å². The molecular formula is C12H23NO. The minimum atomic E-state index is -0.172. The van der Waals surface area contributed by atoms with Crippen molar-refractivity contribution in [2.75, 3.05) is 0 Å². The van der Waals surface area contributed by atoms with Gasteiger partial charge in [-0.25, -0.2) is 0 Å². The molecule has 0 unspecified atom stereocenters. The third kappa shape index (κ3) is 3.17. The van der Waals surface area contributed by atoms with E-state index in [1.165, 1.54) is 0 Å². The fourth-order valence-electron chi connectivity index (χ4n) is 1.81. The Labute approximate surface area is 88.0 Å². The maximum absolute atomic E-state index is 12.0. The molecule has 0 rings (SSSR count). The number of amides is 1. The molecule has 0 radical (unpaired) electrons. The number of hydrogen-bond donors (Lipinski definition) is 0. The molecule has 0 aliphatic heterocycles. The summed E-state index contributed by atoms with van der Waals surface area (Å²) in [4.78, 5) is 13.8. The van der Waals surface area contributed by atoms with E-state index in [4.69, 9.17) is 0 Å². The van der Waals surface area contributed by atoms with Gasteiger partial charge < -0.3 is 4.90 Å². The summed E-state index contributed by atoms with van der Waals surface area (Å²) in [5, 5.41) is 0. The zero-order valence-electron chi connectivity index (χ0n) is 10.6. The monoisotopic (exact) mass is 197 g/mol. The van der Waals surface area contributed by atoms with Crippen molar-refractivity contribution in [2.24, 2.45) is 0 Å². The lowest BCUT2D eigenvalue weighted by molar-refractivity contribution is -0.138. The van der Waals surface area contributed by atoms with Gasteiger partial charge >= 0.3 is 0 Å². The van der Waals surface area contributed by atoms with E-state index < -0.39 is 0 Å². The van der Waals surface area contributed by atoms with Gasteiger partial charge in [0.15, 0.2) is 0 Å². The fourth-order valence-corrected chi connectivity index (χ4v) is 1.81. The first-order valence-corrected chi connectivity index (χ1v) is 4.98. The highest BCUT2D eigenvalue weighted by molar-refractivity contribution is 5.93. The van der Waals surface area contributed by atoms with Gasteiger partial charge in [-0.2, -0.15) is 0 Å². The number of carbonyl (C=O) groups is 1. The summed E-state index contributed by atoms with van der Waals surface area (Å²) >= 11 is 0. The molecule has 0 atom stereocenters. The quantitative estimate of drug-likeness (QED) is 0.592. The molecule has 82 valence electrons. The van der Waals surface area contributed by atoms with Gasteiger partial charge in [0.1, 0.15) is 0 Å². The van der Waals surface area contributed by atoms with Crippen molar-refractivity contribution in [3.63, 3.8) is 0 Å². The number of carbonyl (C=O) groups excluding carboxylic acids is 1. The molecule has 0 heterocycles. The molecule has 2 nitrogen and oxygen atoms in total. The predicted octanol–water partition coefficient (Wildman–Crippen LogP) is 2.99. The van der Waals surface area contributed by atoms with E-state index in [1.54, 1.807) is 6.92 Å². The number of rotatable bonds is 1. The molecule has 0 spiro atoms. The van der Waals surface area contributed by atoms with E-state index in [9.17, 15) is 4.79 Å². The van der Waals surface area contributed by atoms with E-state index in [-0.39, 0.29) is 17.0 Å². The van der Waals surface area contributed by atoms with Crippen LogP contribution in [-0.2, 0) is 4.79 Å². The average molecular weight is 197 g/mol. The van der Waals surface area contributed by atoms with Gasteiger partial charge in [-0.05, 0) is 48.5 Å². The van der Waals surface area contributed by atoms with Gasteiger partial charge in [-0.1, -0.05) is 6.58 Å². The van der Waals surface area contributed by atoms with Gasteiger partial charge in [-0.3, -0.25) is 4.79 Å². The summed E-state index contributed by atoms with van der Waals surface area (Å²) in [6, 6.07) is 0. The van der Waals surface area contributed by atoms with Crippen LogP contribution in [0.15, 0.2) is 12.2 Å². The molecule has 0 fully saturated rings. The van der Waals surface area contributed by atoms with Crippen molar-refractivity contribution < 1.29 is 4.79 Å². The highest BCUT2D eigenvalue weighted by Crippen LogP contribution is 2.26. The summed E-state index contributed by atoms with van der Waals surface area (Å²) in [7, 11) is 0. The third-order valence-corrected chi connectivity index (χ3v) is 1.91. The fraction of sp³-hybridized carbons (Fsp3) is 0.750. The van der Waals surface area contributed by atoms with Crippen LogP contribution in [0.25, 0.3) is 0 Å². The summed E-state index contributed by atoms with van der Waals surface area (Å²) in [5.74, 6) is 0.0324. The van der Waals surface area contributed by atoms with Gasteiger partial charge in [0.25, 0.3) is 0 Å². The highest BCUT2D eigenvalue weighted by atomic mass is 16.2. The van der Waals surface area contributed by atoms with E-state index in [0.29, 0.717) is 5.57 Å². The Kier molecular flexibility index (Phi) is 3.54. The molecule has 0 saturated heterocycles. The Hall–Kier alpha value is -0.790. The summed E-state index contributed by atoms with van der Waals surface area (Å²) in [6.07, 6.45) is 0. The van der Waals surface area contributed by atoms with Crippen LogP contribution in [-0.4, -0.2) is 21.9 Å². The molecule has 0 aromatic rings. The first kappa shape index (κ1) is 13.2. The van der Waals surface area contributed by atoms with E-state index in [2.05, 4.69) is 6.58 Å². The van der Waals surface area contributed by atoms with Crippen molar-refractivity contribution in [1.82, 2.24) is 4.90 Å². The van der Waals surface area contributed by atoms with Crippen molar-refractivity contribution >= 4 is 5.91 Å². The molecule has 0 aliphatic carbocycles. The standard InChI is InChI=1S/C12H23NO/c1-9(2)10(14)13(11(3,4)5)12(6,7)8/h1H2,2-8H3. The Morgan fingerprint density at radius 1 is 1.00 bits per heavy atom. The highest BCUT2D eigenvalue weighted by Gasteiger charge is 2.35. The first-order chi connectivity index (χ1) is 5.98. The predicted molar refractivity (Wildman–Crippen MR) is 61.2 cm³/mol. The van der Waals surface area contributed by atoms with Crippen molar-refractivity contribution in [1.29, 1.82) is 0 Å². The molecular weight excluding hydrogens is 174 g/mol. The second-order valence-corrected chi connectivity index (χ2v) is 5.76. The lowest BCUT2D eigenvalue weighted by Crippen LogP contribution is -2.55. The topological polar surface area (TPSA) is 20.3 Å². The smallest absolute Gasteiger partial charge is 0.249 e. The third-order valence-electron chi connectivity index (χ3n) is 1.91. The normalized spacial score (nSPS) is 12.5. The minimum Gasteiger partial charge on any atom is -0.329 e. The van der Waals surface area contributed by atoms with Crippen LogP contribution in [0.3, 0.4) is 0 Å². The van der Waals surface area contributed by atoms with Crippen LogP contribution in [0.4, 0.5) is 0 Å². The van der Waals surface area contributed by atoms with Crippen LogP contribution >= 0.6 is 0 Å². The largest absolute Gasteiger partial charge is 0.329 e. The van der Waals surface area contributed by atoms with E-state index in [0.717, 1.165) is 0 Å². The Balaban J connectivity index is 5.15. The van der Waals surface area contributed by atoms with Crippen LogP contribution in [0.1, 0.15) is 48.5 Å². The Morgan fingerprint density at radius 2 is 1.29 bits per heavy atom. The lowest BCUT2D eigenvalue weighted by Gasteiger charge is -2.45. The summed E-state index contributed by atoms with van der Waals surface area (Å²) < 4.78 is 0. The Morgan fingerprint density at radius 3 is 1.36 bits per heavy atom. The minimum absolute atomic E-state index is 0.0324. The molecule has 1 amide bonds. The molecule has 0 aliphatic rings. The van der Waals surface area contributed by atoms with E-state index in [1.807, 2.05) is 46.4 Å². The maximum Gasteiger partial charge on any atom is 0.249 e. The molecule has 0 saturated carbocycles. The zero-order chi connectivity index (χ0) is 11.7. The SMILES string of the molecule is C=C(C)C(=O)N(C(C)(C)C)C(C)(C)C. The first-order valence-electron chi connectivity index (χ1n) is 4.98. The molecule has 0 aromatic carbocycles. The van der Waals surface area contributed by atoms with Crippen LogP contribution in [0.2, 0.25) is 0 Å². The number of hydrogen-bond acceptors (Lipinski definition) is 1. The van der Waals surface area contributed by atoms with Crippen molar-refractivity contribution in [3.8, 4) is 0 Å². The van der Waals surface area contributed by atoms with Gasteiger partial charge in [0.05, 0.1) is 0 Å². The van der Waals surface area contributed by atoms with Crippen LogP contribution in [0, 0.1) is 0 Å². The number of nitrogens with zero attached hydrogens (tertiary/aromatic N) is 1. The van der Waals surface area contributed by atoms with Crippen LogP contribution in [0.5, 0.6) is 0 Å². The van der Waals surface area contributed by atoms with Gasteiger partial charge in [0.2, 0.25) is 5.91 Å². The van der Waals surface area contributed by atoms with Crippen molar-refractivity contribution in [2.45, 2.75) is 59.5 Å². The summed E-state index contributed by atoms with van der Waals surface area (Å²) in [6.45, 7) is 17.7. The summed E-state index contributed by atoms with van der Waals surface area (Å²) in [5.41, 5.74) is 0.248. The second kappa shape index (κ2) is 3.76. The molecule has 14 heavy (non-hydrogen) atoms. The second-order valence-electron chi connectivity index (χ2n) is 5.76. The average Bonchev–Trinajstić information content (AvgIpc) is 1.79. The van der Waals surface area contributed by atoms with Crippen molar-refractivity contribution in [3.05, 3.63) is 12.2 Å². The lowest BCUT2D eigenvalue weighted by atomic mass is 9.95. The molecule has 0 bridgehead atoms. The van der Waals surface area contributed by atoms with Gasteiger partial charge in [-0.15, -0.1) is 0 Å². The molecule has 0 N–H and O–H groups in total. The maximum atomic E-state index is 12.0. The van der Waals surface area contributed by atoms with Crippen LogP contribution < -0.4 is 0 Å². The molecule has 2 heteroatoms. The zero-order valence-corrected chi connectivity index (χ0v) is 10.6. The Bertz CT molecular complexity index is 226. The van der Waals surface area contributed by atoms with E-state index >= 15 is 0 Å².